The molecule has 0 aromatic heterocycles. The molecule has 0 spiro atoms. The van der Waals surface area contributed by atoms with Crippen LogP contribution in [0.1, 0.15) is 27.2 Å². The van der Waals surface area contributed by atoms with E-state index in [9.17, 15) is 9.59 Å². The molecule has 8 heteroatoms. The lowest BCUT2D eigenvalue weighted by atomic mass is 9.61. The molecule has 0 aromatic rings. The summed E-state index contributed by atoms with van der Waals surface area (Å²) in [5.74, 6) is -2.08. The van der Waals surface area contributed by atoms with Crippen LogP contribution in [0, 0.1) is 16.7 Å². The van der Waals surface area contributed by atoms with Crippen LogP contribution in [-0.2, 0) is 38.0 Å². The monoisotopic (exact) mass is 360 g/mol. The van der Waals surface area contributed by atoms with Crippen molar-refractivity contribution in [1.82, 2.24) is 0 Å². The van der Waals surface area contributed by atoms with E-state index in [2.05, 4.69) is 0 Å². The van der Waals surface area contributed by atoms with Crippen LogP contribution in [0.4, 0.5) is 0 Å². The molecule has 0 bridgehead atoms. The van der Waals surface area contributed by atoms with Crippen LogP contribution in [0.3, 0.4) is 0 Å². The highest BCUT2D eigenvalue weighted by Crippen LogP contribution is 2.49. The number of esters is 2. The molecule has 2 rings (SSSR count). The Bertz CT molecular complexity index is 456. The van der Waals surface area contributed by atoms with E-state index in [1.807, 2.05) is 20.8 Å². The number of carbonyl (C=O) groups is 2. The summed E-state index contributed by atoms with van der Waals surface area (Å²) in [5.41, 5.74) is -2.21. The lowest BCUT2D eigenvalue weighted by Gasteiger charge is -2.45. The maximum atomic E-state index is 12.9. The molecule has 25 heavy (non-hydrogen) atoms. The molecular weight excluding hydrogens is 332 g/mol. The second-order valence-electron chi connectivity index (χ2n) is 7.28. The van der Waals surface area contributed by atoms with Crippen LogP contribution in [-0.4, -0.2) is 65.2 Å². The van der Waals surface area contributed by atoms with E-state index in [4.69, 9.17) is 28.4 Å². The molecule has 0 saturated carbocycles. The molecule has 2 aliphatic heterocycles. The number of carbonyl (C=O) groups excluding carboxylic acids is 2. The van der Waals surface area contributed by atoms with Crippen LogP contribution >= 0.6 is 0 Å². The molecule has 2 heterocycles. The van der Waals surface area contributed by atoms with E-state index in [0.29, 0.717) is 26.4 Å². The van der Waals surface area contributed by atoms with E-state index in [1.165, 1.54) is 14.2 Å². The molecule has 0 N–H and O–H groups in total. The van der Waals surface area contributed by atoms with Gasteiger partial charge in [-0.15, -0.1) is 0 Å². The molecule has 8 nitrogen and oxygen atoms in total. The van der Waals surface area contributed by atoms with Gasteiger partial charge >= 0.3 is 11.9 Å². The van der Waals surface area contributed by atoms with Crippen molar-refractivity contribution >= 4 is 11.9 Å². The predicted octanol–water partition coefficient (Wildman–Crippen LogP) is 1.12. The molecular formula is C17H28O8. The summed E-state index contributed by atoms with van der Waals surface area (Å²) in [7, 11) is 2.49. The first-order valence-electron chi connectivity index (χ1n) is 8.40. The van der Waals surface area contributed by atoms with Gasteiger partial charge in [-0.25, -0.2) is 0 Å². The molecule has 2 fully saturated rings. The van der Waals surface area contributed by atoms with Crippen LogP contribution in [0.2, 0.25) is 0 Å². The van der Waals surface area contributed by atoms with Gasteiger partial charge < -0.3 is 28.4 Å². The Balaban J connectivity index is 2.54. The third-order valence-electron chi connectivity index (χ3n) is 4.66. The summed E-state index contributed by atoms with van der Waals surface area (Å²) in [5, 5.41) is 0. The van der Waals surface area contributed by atoms with Crippen molar-refractivity contribution in [1.29, 1.82) is 0 Å². The van der Waals surface area contributed by atoms with Crippen LogP contribution < -0.4 is 0 Å². The fourth-order valence-corrected chi connectivity index (χ4v) is 3.73. The average molecular weight is 360 g/mol. The van der Waals surface area contributed by atoms with Crippen molar-refractivity contribution in [2.24, 2.45) is 16.7 Å². The molecule has 144 valence electrons. The van der Waals surface area contributed by atoms with Crippen molar-refractivity contribution in [2.75, 3.05) is 40.6 Å². The molecule has 2 saturated heterocycles. The molecule has 0 radical (unpaired) electrons. The minimum absolute atomic E-state index is 0.0303. The van der Waals surface area contributed by atoms with E-state index in [-0.39, 0.29) is 6.42 Å². The Morgan fingerprint density at radius 1 is 0.920 bits per heavy atom. The minimum atomic E-state index is -1.67. The Morgan fingerprint density at radius 2 is 1.36 bits per heavy atom. The van der Waals surface area contributed by atoms with Gasteiger partial charge in [0.05, 0.1) is 40.6 Å². The Kier molecular flexibility index (Phi) is 6.42. The Hall–Kier alpha value is -1.22. The zero-order valence-electron chi connectivity index (χ0n) is 15.5. The third-order valence-corrected chi connectivity index (χ3v) is 4.66. The van der Waals surface area contributed by atoms with Gasteiger partial charge in [0.2, 0.25) is 0 Å². The quantitative estimate of drug-likeness (QED) is 0.514. The van der Waals surface area contributed by atoms with E-state index >= 15 is 0 Å². The molecule has 2 aliphatic rings. The van der Waals surface area contributed by atoms with Gasteiger partial charge in [-0.3, -0.25) is 9.59 Å². The average Bonchev–Trinajstić information content (AvgIpc) is 3.25. The fraction of sp³-hybridized carbons (Fsp3) is 0.882. The topological polar surface area (TPSA) is 89.5 Å². The summed E-state index contributed by atoms with van der Waals surface area (Å²) >= 11 is 0. The fourth-order valence-electron chi connectivity index (χ4n) is 3.73. The largest absolute Gasteiger partial charge is 0.468 e. The number of methoxy groups -OCH3 is 2. The molecule has 1 unspecified atom stereocenters. The summed E-state index contributed by atoms with van der Waals surface area (Å²) in [6.45, 7) is 7.34. The predicted molar refractivity (Wildman–Crippen MR) is 85.4 cm³/mol. The molecule has 0 amide bonds. The first-order valence-corrected chi connectivity index (χ1v) is 8.40. The SMILES string of the molecule is COC(=O)C(CC1OCCO1)(C(=O)OC)C(C1OCCO1)C(C)(C)C. The van der Waals surface area contributed by atoms with Crippen molar-refractivity contribution in [3.8, 4) is 0 Å². The third kappa shape index (κ3) is 3.97. The summed E-state index contributed by atoms with van der Waals surface area (Å²) in [4.78, 5) is 25.8. The van der Waals surface area contributed by atoms with E-state index in [1.54, 1.807) is 0 Å². The number of hydrogen-bond donors (Lipinski definition) is 0. The zero-order valence-corrected chi connectivity index (χ0v) is 15.5. The second kappa shape index (κ2) is 7.99. The minimum Gasteiger partial charge on any atom is -0.468 e. The highest BCUT2D eigenvalue weighted by Gasteiger charge is 2.63. The van der Waals surface area contributed by atoms with Crippen LogP contribution in [0.15, 0.2) is 0 Å². The molecule has 1 atom stereocenters. The lowest BCUT2D eigenvalue weighted by molar-refractivity contribution is -0.212. The lowest BCUT2D eigenvalue weighted by Crippen LogP contribution is -2.57. The summed E-state index contributed by atoms with van der Waals surface area (Å²) in [6.07, 6.45) is -1.47. The van der Waals surface area contributed by atoms with E-state index in [0.717, 1.165) is 0 Å². The number of hydrogen-bond acceptors (Lipinski definition) is 8. The van der Waals surface area contributed by atoms with Gasteiger partial charge in [-0.1, -0.05) is 20.8 Å². The van der Waals surface area contributed by atoms with Gasteiger partial charge in [-0.2, -0.15) is 0 Å². The Labute approximate surface area is 148 Å². The van der Waals surface area contributed by atoms with Crippen molar-refractivity contribution in [2.45, 2.75) is 39.8 Å². The van der Waals surface area contributed by atoms with Crippen molar-refractivity contribution in [3.05, 3.63) is 0 Å². The smallest absolute Gasteiger partial charge is 0.323 e. The number of rotatable bonds is 6. The van der Waals surface area contributed by atoms with Crippen LogP contribution in [0.25, 0.3) is 0 Å². The Morgan fingerprint density at radius 3 is 1.76 bits per heavy atom. The van der Waals surface area contributed by atoms with Gasteiger partial charge in [0.1, 0.15) is 0 Å². The van der Waals surface area contributed by atoms with E-state index < -0.39 is 41.3 Å². The van der Waals surface area contributed by atoms with Crippen LogP contribution in [0.5, 0.6) is 0 Å². The molecule has 0 aromatic carbocycles. The first-order chi connectivity index (χ1) is 11.8. The van der Waals surface area contributed by atoms with Crippen molar-refractivity contribution < 1.29 is 38.0 Å². The number of ether oxygens (including phenoxy) is 6. The maximum absolute atomic E-state index is 12.9. The maximum Gasteiger partial charge on any atom is 0.323 e. The van der Waals surface area contributed by atoms with Gasteiger partial charge in [0.15, 0.2) is 18.0 Å². The zero-order chi connectivity index (χ0) is 18.7. The van der Waals surface area contributed by atoms with Gasteiger partial charge in [0, 0.05) is 12.3 Å². The molecule has 0 aliphatic carbocycles. The van der Waals surface area contributed by atoms with Gasteiger partial charge in [0.25, 0.3) is 0 Å². The normalized spacial score (nSPS) is 21.3. The highest BCUT2D eigenvalue weighted by molar-refractivity contribution is 6.00. The summed E-state index contributed by atoms with van der Waals surface area (Å²) < 4.78 is 32.4. The first kappa shape index (κ1) is 20.1. The van der Waals surface area contributed by atoms with Crippen molar-refractivity contribution in [3.63, 3.8) is 0 Å². The second-order valence-corrected chi connectivity index (χ2v) is 7.28. The standard InChI is InChI=1S/C17H28O8/c1-16(2,3)12(13-24-8-9-25-13)17(14(18)20-4,15(19)21-5)10-11-22-6-7-23-11/h11-13H,6-10H2,1-5H3. The summed E-state index contributed by atoms with van der Waals surface area (Å²) in [6, 6.07) is 0. The highest BCUT2D eigenvalue weighted by atomic mass is 16.7. The van der Waals surface area contributed by atoms with Gasteiger partial charge in [-0.05, 0) is 5.41 Å².